The van der Waals surface area contributed by atoms with Gasteiger partial charge in [-0.1, -0.05) is 45.2 Å². The molecule has 0 saturated heterocycles. The van der Waals surface area contributed by atoms with Crippen molar-refractivity contribution < 1.29 is 4.79 Å². The first-order valence-electron chi connectivity index (χ1n) is 5.04. The predicted molar refractivity (Wildman–Crippen MR) is 85.7 cm³/mol. The highest BCUT2D eigenvalue weighted by Crippen LogP contribution is 2.29. The smallest absolute Gasteiger partial charge is 0.196 e. The summed E-state index contributed by atoms with van der Waals surface area (Å²) in [6.45, 7) is 0. The van der Waals surface area contributed by atoms with Crippen LogP contribution in [-0.4, -0.2) is 5.78 Å². The average molecular weight is 381 g/mol. The van der Waals surface area contributed by atoms with Gasteiger partial charge in [-0.25, -0.2) is 0 Å². The van der Waals surface area contributed by atoms with Gasteiger partial charge in [0.2, 0.25) is 0 Å². The summed E-state index contributed by atoms with van der Waals surface area (Å²) in [5.41, 5.74) is 6.94. The van der Waals surface area contributed by atoms with E-state index in [1.807, 2.05) is 0 Å². The standard InChI is InChI=1S/C13H8BrCl2NO.ClH/c14-7-4-5-11(17)9(6-7)13(18)8-2-1-3-10(15)12(8)16;/h1-6H,17H2;1H. The van der Waals surface area contributed by atoms with Crippen LogP contribution < -0.4 is 5.73 Å². The zero-order valence-electron chi connectivity index (χ0n) is 9.49. The number of hydrogen-bond donors (Lipinski definition) is 1. The molecule has 0 radical (unpaired) electrons. The van der Waals surface area contributed by atoms with Crippen molar-refractivity contribution in [2.45, 2.75) is 0 Å². The molecule has 2 aromatic rings. The lowest BCUT2D eigenvalue weighted by Crippen LogP contribution is -2.06. The molecule has 0 fully saturated rings. The van der Waals surface area contributed by atoms with Gasteiger partial charge >= 0.3 is 0 Å². The fourth-order valence-electron chi connectivity index (χ4n) is 1.55. The Morgan fingerprint density at radius 3 is 2.47 bits per heavy atom. The highest BCUT2D eigenvalue weighted by atomic mass is 79.9. The average Bonchev–Trinajstić information content (AvgIpc) is 2.35. The van der Waals surface area contributed by atoms with Gasteiger partial charge in [-0.3, -0.25) is 4.79 Å². The molecule has 100 valence electrons. The maximum absolute atomic E-state index is 12.3. The third kappa shape index (κ3) is 3.42. The minimum absolute atomic E-state index is 0. The van der Waals surface area contributed by atoms with E-state index in [1.54, 1.807) is 36.4 Å². The summed E-state index contributed by atoms with van der Waals surface area (Å²) in [6.07, 6.45) is 0. The molecule has 2 N–H and O–H groups in total. The van der Waals surface area contributed by atoms with Crippen molar-refractivity contribution >= 4 is 63.0 Å². The second-order valence-corrected chi connectivity index (χ2v) is 5.36. The van der Waals surface area contributed by atoms with E-state index in [0.717, 1.165) is 4.47 Å². The van der Waals surface area contributed by atoms with E-state index in [1.165, 1.54) is 0 Å². The van der Waals surface area contributed by atoms with Crippen LogP contribution in [0.4, 0.5) is 5.69 Å². The zero-order chi connectivity index (χ0) is 13.3. The Hall–Kier alpha value is -0.740. The molecular weight excluding hydrogens is 372 g/mol. The van der Waals surface area contributed by atoms with Gasteiger partial charge in [-0.15, -0.1) is 12.4 Å². The Kier molecular flexibility index (Phi) is 5.68. The first-order chi connectivity index (χ1) is 8.50. The van der Waals surface area contributed by atoms with Crippen LogP contribution in [-0.2, 0) is 0 Å². The van der Waals surface area contributed by atoms with Crippen molar-refractivity contribution in [1.29, 1.82) is 0 Å². The number of nitrogens with two attached hydrogens (primary N) is 1. The molecule has 0 amide bonds. The molecule has 19 heavy (non-hydrogen) atoms. The molecule has 0 aliphatic rings. The van der Waals surface area contributed by atoms with Crippen LogP contribution in [0.1, 0.15) is 15.9 Å². The van der Waals surface area contributed by atoms with Gasteiger partial charge in [0.15, 0.2) is 5.78 Å². The quantitative estimate of drug-likeness (QED) is 0.588. The third-order valence-corrected chi connectivity index (χ3v) is 3.77. The lowest BCUT2D eigenvalue weighted by molar-refractivity contribution is 0.103. The Bertz CT molecular complexity index is 627. The fraction of sp³-hybridized carbons (Fsp3) is 0. The van der Waals surface area contributed by atoms with E-state index in [9.17, 15) is 4.79 Å². The Morgan fingerprint density at radius 2 is 1.79 bits per heavy atom. The van der Waals surface area contributed by atoms with E-state index in [2.05, 4.69) is 15.9 Å². The predicted octanol–water partition coefficient (Wildman–Crippen LogP) is 4.99. The number of anilines is 1. The van der Waals surface area contributed by atoms with E-state index in [-0.39, 0.29) is 23.2 Å². The number of carbonyl (C=O) groups is 1. The summed E-state index contributed by atoms with van der Waals surface area (Å²) < 4.78 is 0.776. The van der Waals surface area contributed by atoms with Crippen LogP contribution in [0.3, 0.4) is 0 Å². The molecule has 0 saturated carbocycles. The number of halogens is 4. The molecule has 0 aliphatic heterocycles. The van der Waals surface area contributed by atoms with Crippen molar-refractivity contribution in [2.75, 3.05) is 5.73 Å². The summed E-state index contributed by atoms with van der Waals surface area (Å²) in [5.74, 6) is -0.249. The Balaban J connectivity index is 0.00000180. The van der Waals surface area contributed by atoms with E-state index < -0.39 is 0 Å². The van der Waals surface area contributed by atoms with Crippen LogP contribution >= 0.6 is 51.5 Å². The molecule has 2 rings (SSSR count). The monoisotopic (exact) mass is 379 g/mol. The number of benzene rings is 2. The highest BCUT2D eigenvalue weighted by Gasteiger charge is 2.17. The van der Waals surface area contributed by atoms with Crippen molar-refractivity contribution in [3.05, 3.63) is 62.0 Å². The van der Waals surface area contributed by atoms with Crippen LogP contribution in [0.15, 0.2) is 40.9 Å². The minimum Gasteiger partial charge on any atom is -0.398 e. The molecule has 2 aromatic carbocycles. The summed E-state index contributed by atoms with van der Waals surface area (Å²) >= 11 is 15.2. The van der Waals surface area contributed by atoms with Gasteiger partial charge in [0.1, 0.15) is 0 Å². The normalized spacial score (nSPS) is 9.84. The summed E-state index contributed by atoms with van der Waals surface area (Å²) in [6, 6.07) is 10.0. The van der Waals surface area contributed by atoms with E-state index in [0.29, 0.717) is 21.8 Å². The molecule has 2 nitrogen and oxygen atoms in total. The van der Waals surface area contributed by atoms with Gasteiger partial charge in [0, 0.05) is 21.3 Å². The third-order valence-electron chi connectivity index (χ3n) is 2.46. The molecule has 6 heteroatoms. The minimum atomic E-state index is -0.249. The first-order valence-corrected chi connectivity index (χ1v) is 6.59. The maximum atomic E-state index is 12.3. The van der Waals surface area contributed by atoms with Crippen LogP contribution in [0.5, 0.6) is 0 Å². The number of rotatable bonds is 2. The maximum Gasteiger partial charge on any atom is 0.196 e. The topological polar surface area (TPSA) is 43.1 Å². The van der Waals surface area contributed by atoms with Gasteiger partial charge in [0.05, 0.1) is 10.0 Å². The van der Waals surface area contributed by atoms with Crippen LogP contribution in [0.2, 0.25) is 10.0 Å². The molecule has 0 unspecified atom stereocenters. The van der Waals surface area contributed by atoms with Crippen LogP contribution in [0.25, 0.3) is 0 Å². The highest BCUT2D eigenvalue weighted by molar-refractivity contribution is 9.10. The molecule has 0 aliphatic carbocycles. The largest absolute Gasteiger partial charge is 0.398 e. The lowest BCUT2D eigenvalue weighted by Gasteiger charge is -2.08. The number of nitrogen functional groups attached to an aromatic ring is 1. The van der Waals surface area contributed by atoms with Crippen LogP contribution in [0, 0.1) is 0 Å². The summed E-state index contributed by atoms with van der Waals surface area (Å²) in [5, 5.41) is 0.583. The summed E-state index contributed by atoms with van der Waals surface area (Å²) in [7, 11) is 0. The van der Waals surface area contributed by atoms with Gasteiger partial charge in [-0.05, 0) is 30.3 Å². The second-order valence-electron chi connectivity index (χ2n) is 3.66. The number of ketones is 1. The lowest BCUT2D eigenvalue weighted by atomic mass is 10.0. The molecule has 0 spiro atoms. The zero-order valence-corrected chi connectivity index (χ0v) is 13.4. The van der Waals surface area contributed by atoms with Crippen molar-refractivity contribution in [1.82, 2.24) is 0 Å². The van der Waals surface area contributed by atoms with Gasteiger partial charge < -0.3 is 5.73 Å². The SMILES string of the molecule is Cl.Nc1ccc(Br)cc1C(=O)c1cccc(Cl)c1Cl. The van der Waals surface area contributed by atoms with E-state index >= 15 is 0 Å². The van der Waals surface area contributed by atoms with Crippen molar-refractivity contribution in [3.63, 3.8) is 0 Å². The van der Waals surface area contributed by atoms with Crippen molar-refractivity contribution in [2.24, 2.45) is 0 Å². The van der Waals surface area contributed by atoms with E-state index in [4.69, 9.17) is 28.9 Å². The Labute approximate surface area is 135 Å². The number of carbonyl (C=O) groups excluding carboxylic acids is 1. The van der Waals surface area contributed by atoms with Crippen molar-refractivity contribution in [3.8, 4) is 0 Å². The Morgan fingerprint density at radius 1 is 1.11 bits per heavy atom. The second kappa shape index (κ2) is 6.62. The molecule has 0 heterocycles. The first kappa shape index (κ1) is 16.3. The van der Waals surface area contributed by atoms with Gasteiger partial charge in [-0.2, -0.15) is 0 Å². The molecular formula is C13H9BrCl3NO. The fourth-order valence-corrected chi connectivity index (χ4v) is 2.30. The molecule has 0 aromatic heterocycles. The van der Waals surface area contributed by atoms with Gasteiger partial charge in [0.25, 0.3) is 0 Å². The molecule has 0 bridgehead atoms. The molecule has 0 atom stereocenters. The summed E-state index contributed by atoms with van der Waals surface area (Å²) in [4.78, 5) is 12.3. The number of hydrogen-bond acceptors (Lipinski definition) is 2.